The highest BCUT2D eigenvalue weighted by Crippen LogP contribution is 2.24. The molecule has 0 aliphatic heterocycles. The fourth-order valence-electron chi connectivity index (χ4n) is 2.92. The number of hydrogen-bond donors (Lipinski definition) is 2. The van der Waals surface area contributed by atoms with E-state index in [4.69, 9.17) is 28.6 Å². The maximum Gasteiger partial charge on any atom is 0.339 e. The summed E-state index contributed by atoms with van der Waals surface area (Å²) in [7, 11) is 0. The minimum Gasteiger partial charge on any atom is -0.462 e. The molecule has 0 heterocycles. The van der Waals surface area contributed by atoms with Crippen molar-refractivity contribution in [3.05, 3.63) is 101 Å². The van der Waals surface area contributed by atoms with Gasteiger partial charge in [0.1, 0.15) is 0 Å². The van der Waals surface area contributed by atoms with Gasteiger partial charge in [0.2, 0.25) is 0 Å². The lowest BCUT2D eigenvalue weighted by Crippen LogP contribution is -2.33. The van der Waals surface area contributed by atoms with Crippen LogP contribution in [0.4, 0.5) is 5.69 Å². The maximum absolute atomic E-state index is 11.9. The van der Waals surface area contributed by atoms with E-state index in [1.807, 2.05) is 36.4 Å². The zero-order valence-corrected chi connectivity index (χ0v) is 17.5. The van der Waals surface area contributed by atoms with Crippen LogP contribution in [0.5, 0.6) is 0 Å². The van der Waals surface area contributed by atoms with Crippen molar-refractivity contribution in [2.75, 3.05) is 11.9 Å². The monoisotopic (exact) mass is 424 g/mol. The number of carbonyl (C=O) groups excluding carboxylic acids is 1. The van der Waals surface area contributed by atoms with E-state index in [0.717, 1.165) is 11.1 Å². The first-order valence-corrected chi connectivity index (χ1v) is 10.0. The number of ether oxygens (including phenoxy) is 1. The van der Waals surface area contributed by atoms with Crippen LogP contribution in [0.25, 0.3) is 0 Å². The number of carbonyl (C=O) groups is 1. The molecule has 3 rings (SSSR count). The summed E-state index contributed by atoms with van der Waals surface area (Å²) in [5.74, 6) is -0.446. The number of anilines is 1. The summed E-state index contributed by atoms with van der Waals surface area (Å²) in [5, 5.41) is 7.25. The van der Waals surface area contributed by atoms with Crippen molar-refractivity contribution in [1.82, 2.24) is 5.32 Å². The summed E-state index contributed by atoms with van der Waals surface area (Å²) in [6, 6.07) is 25.1. The molecule has 29 heavy (non-hydrogen) atoms. The lowest BCUT2D eigenvalue weighted by atomic mass is 9.99. The van der Waals surface area contributed by atoms with E-state index in [2.05, 4.69) is 34.9 Å². The highest BCUT2D eigenvalue weighted by molar-refractivity contribution is 7.80. The zero-order valence-electron chi connectivity index (χ0n) is 15.9. The minimum atomic E-state index is -0.446. The third kappa shape index (κ3) is 5.56. The first kappa shape index (κ1) is 20.8. The normalized spacial score (nSPS) is 10.4. The molecule has 0 aliphatic carbocycles. The van der Waals surface area contributed by atoms with E-state index >= 15 is 0 Å². The molecule has 6 heteroatoms. The van der Waals surface area contributed by atoms with Crippen LogP contribution >= 0.6 is 23.8 Å². The molecule has 0 atom stereocenters. The van der Waals surface area contributed by atoms with Crippen LogP contribution in [0.3, 0.4) is 0 Å². The molecule has 148 valence electrons. The number of benzene rings is 3. The van der Waals surface area contributed by atoms with Gasteiger partial charge in [-0.15, -0.1) is 0 Å². The molecule has 4 nitrogen and oxygen atoms in total. The molecule has 0 saturated carbocycles. The Labute approximate surface area is 180 Å². The van der Waals surface area contributed by atoms with Crippen LogP contribution in [0, 0.1) is 0 Å². The number of esters is 1. The highest BCUT2D eigenvalue weighted by Gasteiger charge is 2.16. The lowest BCUT2D eigenvalue weighted by Gasteiger charge is -2.22. The average Bonchev–Trinajstić information content (AvgIpc) is 2.73. The highest BCUT2D eigenvalue weighted by atomic mass is 35.5. The van der Waals surface area contributed by atoms with Gasteiger partial charge in [-0.2, -0.15) is 0 Å². The molecular weight excluding hydrogens is 404 g/mol. The van der Waals surface area contributed by atoms with E-state index in [0.29, 0.717) is 28.0 Å². The minimum absolute atomic E-state index is 0.105. The van der Waals surface area contributed by atoms with Crippen LogP contribution in [-0.2, 0) is 4.74 Å². The van der Waals surface area contributed by atoms with Gasteiger partial charge in [0.05, 0.1) is 23.2 Å². The van der Waals surface area contributed by atoms with Crippen molar-refractivity contribution in [3.8, 4) is 0 Å². The van der Waals surface area contributed by atoms with E-state index in [-0.39, 0.29) is 6.04 Å². The molecule has 0 amide bonds. The summed E-state index contributed by atoms with van der Waals surface area (Å²) in [4.78, 5) is 11.9. The maximum atomic E-state index is 11.9. The molecule has 0 aromatic heterocycles. The summed E-state index contributed by atoms with van der Waals surface area (Å²) >= 11 is 11.8. The quantitative estimate of drug-likeness (QED) is 0.399. The molecule has 3 aromatic carbocycles. The van der Waals surface area contributed by atoms with E-state index < -0.39 is 5.97 Å². The van der Waals surface area contributed by atoms with Gasteiger partial charge in [-0.05, 0) is 48.5 Å². The van der Waals surface area contributed by atoms with Crippen molar-refractivity contribution in [3.63, 3.8) is 0 Å². The van der Waals surface area contributed by atoms with Gasteiger partial charge in [0.25, 0.3) is 0 Å². The van der Waals surface area contributed by atoms with E-state index in [1.54, 1.807) is 25.1 Å². The SMILES string of the molecule is CCOC(=O)c1ccc(NC(=S)NC(c2ccccc2)c2ccccc2)cc1Cl. The standard InChI is InChI=1S/C23H21ClN2O2S/c1-2-28-22(27)19-14-13-18(15-20(19)24)25-23(29)26-21(16-9-5-3-6-10-16)17-11-7-4-8-12-17/h3-15,21H,2H2,1H3,(H2,25,26,29). The molecule has 2 N–H and O–H groups in total. The summed E-state index contributed by atoms with van der Waals surface area (Å²) in [6.07, 6.45) is 0. The molecule has 0 saturated heterocycles. The Bertz CT molecular complexity index is 941. The number of rotatable bonds is 6. The van der Waals surface area contributed by atoms with Gasteiger partial charge in [-0.3, -0.25) is 0 Å². The number of hydrogen-bond acceptors (Lipinski definition) is 3. The van der Waals surface area contributed by atoms with E-state index in [9.17, 15) is 4.79 Å². The third-order valence-corrected chi connectivity index (χ3v) is 4.80. The summed E-state index contributed by atoms with van der Waals surface area (Å²) in [5.41, 5.74) is 3.20. The first-order valence-electron chi connectivity index (χ1n) is 9.22. The molecule has 3 aromatic rings. The average molecular weight is 425 g/mol. The Hall–Kier alpha value is -2.89. The van der Waals surface area contributed by atoms with Crippen LogP contribution in [-0.4, -0.2) is 17.7 Å². The van der Waals surface area contributed by atoms with Crippen LogP contribution < -0.4 is 10.6 Å². The second-order valence-electron chi connectivity index (χ2n) is 6.27. The van der Waals surface area contributed by atoms with Gasteiger partial charge < -0.3 is 15.4 Å². The Morgan fingerprint density at radius 1 is 1.00 bits per heavy atom. The van der Waals surface area contributed by atoms with Gasteiger partial charge in [-0.25, -0.2) is 4.79 Å². The van der Waals surface area contributed by atoms with E-state index in [1.165, 1.54) is 0 Å². The Balaban J connectivity index is 1.76. The molecule has 0 spiro atoms. The second kappa shape index (κ2) is 10.0. The van der Waals surface area contributed by atoms with Gasteiger partial charge in [-0.1, -0.05) is 72.3 Å². The number of nitrogens with one attached hydrogen (secondary N) is 2. The zero-order chi connectivity index (χ0) is 20.6. The van der Waals surface area contributed by atoms with Gasteiger partial charge >= 0.3 is 5.97 Å². The molecule has 0 aliphatic rings. The molecule has 0 fully saturated rings. The van der Waals surface area contributed by atoms with Crippen LogP contribution in [0.2, 0.25) is 5.02 Å². The molecule has 0 bridgehead atoms. The van der Waals surface area contributed by atoms with Crippen molar-refractivity contribution < 1.29 is 9.53 Å². The Kier molecular flexibility index (Phi) is 7.22. The lowest BCUT2D eigenvalue weighted by molar-refractivity contribution is 0.0526. The van der Waals surface area contributed by atoms with Crippen molar-refractivity contribution in [2.24, 2.45) is 0 Å². The fourth-order valence-corrected chi connectivity index (χ4v) is 3.41. The predicted octanol–water partition coefficient (Wildman–Crippen LogP) is 5.59. The number of thiocarbonyl (C=S) groups is 1. The molecule has 0 unspecified atom stereocenters. The summed E-state index contributed by atoms with van der Waals surface area (Å²) < 4.78 is 5.00. The van der Waals surface area contributed by atoms with Crippen molar-refractivity contribution in [1.29, 1.82) is 0 Å². The molecular formula is C23H21ClN2O2S. The topological polar surface area (TPSA) is 50.4 Å². The first-order chi connectivity index (χ1) is 14.1. The molecule has 0 radical (unpaired) electrons. The summed E-state index contributed by atoms with van der Waals surface area (Å²) in [6.45, 7) is 2.05. The van der Waals surface area contributed by atoms with Gasteiger partial charge in [0.15, 0.2) is 5.11 Å². The van der Waals surface area contributed by atoms with Crippen molar-refractivity contribution >= 4 is 40.6 Å². The largest absolute Gasteiger partial charge is 0.462 e. The van der Waals surface area contributed by atoms with Crippen LogP contribution in [0.1, 0.15) is 34.5 Å². The van der Waals surface area contributed by atoms with Crippen molar-refractivity contribution in [2.45, 2.75) is 13.0 Å². The number of halogens is 1. The van der Waals surface area contributed by atoms with Gasteiger partial charge in [0, 0.05) is 5.69 Å². The van der Waals surface area contributed by atoms with Crippen LogP contribution in [0.15, 0.2) is 78.9 Å². The predicted molar refractivity (Wildman–Crippen MR) is 121 cm³/mol. The smallest absolute Gasteiger partial charge is 0.339 e. The Morgan fingerprint density at radius 3 is 2.10 bits per heavy atom. The fraction of sp³-hybridized carbons (Fsp3) is 0.130. The second-order valence-corrected chi connectivity index (χ2v) is 7.08. The Morgan fingerprint density at radius 2 is 1.59 bits per heavy atom. The third-order valence-electron chi connectivity index (χ3n) is 4.26.